The Morgan fingerprint density at radius 3 is 2.00 bits per heavy atom. The average Bonchev–Trinajstić information content (AvgIpc) is 1.86. The molecule has 3 heteroatoms. The number of carbonyl (C=O) groups is 1. The summed E-state index contributed by atoms with van der Waals surface area (Å²) in [5, 5.41) is 0. The predicted molar refractivity (Wildman–Crippen MR) is 46.1 cm³/mol. The van der Waals surface area contributed by atoms with E-state index in [1.165, 1.54) is 0 Å². The molecule has 0 saturated carbocycles. The first kappa shape index (κ1) is 9.98. The molecule has 0 radical (unpaired) electrons. The molecule has 2 nitrogen and oxygen atoms in total. The van der Waals surface area contributed by atoms with Crippen LogP contribution in [0.2, 0.25) is 0 Å². The van der Waals surface area contributed by atoms with E-state index >= 15 is 0 Å². The topological polar surface area (TPSA) is 20.3 Å². The molecule has 0 aromatic rings. The van der Waals surface area contributed by atoms with Crippen molar-refractivity contribution >= 4 is 18.6 Å². The normalized spacial score (nSPS) is 18.8. The molecule has 60 valence electrons. The molecule has 1 saturated heterocycles. The number of ketones is 1. The molecule has 0 aromatic heterocycles. The van der Waals surface area contributed by atoms with Gasteiger partial charge in [-0.2, -0.15) is 0 Å². The van der Waals surface area contributed by atoms with Crippen LogP contribution in [-0.2, 0) is 4.79 Å². The van der Waals surface area contributed by atoms with Gasteiger partial charge in [0.05, 0.1) is 0 Å². The Morgan fingerprint density at radius 1 is 1.50 bits per heavy atom. The van der Waals surface area contributed by atoms with Crippen molar-refractivity contribution < 1.29 is 4.79 Å². The van der Waals surface area contributed by atoms with Gasteiger partial charge in [0, 0.05) is 19.0 Å². The highest BCUT2D eigenvalue weighted by Gasteiger charge is 2.27. The quantitative estimate of drug-likeness (QED) is 0.586. The van der Waals surface area contributed by atoms with Crippen LogP contribution in [0.4, 0.5) is 0 Å². The minimum absolute atomic E-state index is 0.271. The molecule has 1 aliphatic heterocycles. The van der Waals surface area contributed by atoms with Gasteiger partial charge in [0.25, 0.3) is 0 Å². The Kier molecular flexibility index (Phi) is 4.73. The predicted octanol–water partition coefficient (Wildman–Crippen LogP) is 1.38. The van der Waals surface area contributed by atoms with Crippen LogP contribution < -0.4 is 0 Å². The van der Waals surface area contributed by atoms with Gasteiger partial charge < -0.3 is 0 Å². The summed E-state index contributed by atoms with van der Waals surface area (Å²) in [5.41, 5.74) is 0. The molecular weight excluding hydrogens is 146 g/mol. The zero-order valence-corrected chi connectivity index (χ0v) is 7.69. The van der Waals surface area contributed by atoms with Gasteiger partial charge in [-0.05, 0) is 6.92 Å². The lowest BCUT2D eigenvalue weighted by Gasteiger charge is -2.32. The lowest BCUT2D eigenvalue weighted by Crippen LogP contribution is -2.43. The van der Waals surface area contributed by atoms with E-state index in [0.29, 0.717) is 0 Å². The fourth-order valence-electron chi connectivity index (χ4n) is 0.712. The molecule has 0 N–H and O–H groups in total. The fraction of sp³-hybridized carbons (Fsp3) is 0.857. The summed E-state index contributed by atoms with van der Waals surface area (Å²) in [6, 6.07) is 0. The Bertz CT molecular complexity index is 110. The smallest absolute Gasteiger partial charge is 0.135 e. The maximum Gasteiger partial charge on any atom is 0.135 e. The van der Waals surface area contributed by atoms with Gasteiger partial charge in [-0.25, -0.2) is 0 Å². The number of hydrogen-bond acceptors (Lipinski definition) is 3. The van der Waals surface area contributed by atoms with Gasteiger partial charge in [0.15, 0.2) is 0 Å². The summed E-state index contributed by atoms with van der Waals surface area (Å²) >= 11 is 4.02. The van der Waals surface area contributed by atoms with Gasteiger partial charge in [0.1, 0.15) is 5.78 Å². The van der Waals surface area contributed by atoms with Crippen molar-refractivity contribution in [1.82, 2.24) is 4.31 Å². The monoisotopic (exact) mass is 161 g/mol. The summed E-state index contributed by atoms with van der Waals surface area (Å²) in [6.45, 7) is 7.29. The second-order valence-corrected chi connectivity index (χ2v) is 2.74. The highest BCUT2D eigenvalue weighted by molar-refractivity contribution is 7.77. The minimum Gasteiger partial charge on any atom is -0.300 e. The molecule has 1 fully saturated rings. The highest BCUT2D eigenvalue weighted by Crippen LogP contribution is 2.16. The van der Waals surface area contributed by atoms with Crippen LogP contribution in [0.1, 0.15) is 20.8 Å². The molecule has 1 heterocycles. The minimum atomic E-state index is 0.271. The van der Waals surface area contributed by atoms with Crippen molar-refractivity contribution in [1.29, 1.82) is 0 Å². The fourth-order valence-corrected chi connectivity index (χ4v) is 1.11. The molecule has 1 aliphatic rings. The first-order valence-electron chi connectivity index (χ1n) is 3.64. The van der Waals surface area contributed by atoms with Crippen molar-refractivity contribution in [3.63, 3.8) is 0 Å². The Hall–Kier alpha value is -0.0200. The van der Waals surface area contributed by atoms with Gasteiger partial charge in [0.2, 0.25) is 0 Å². The van der Waals surface area contributed by atoms with E-state index in [1.807, 2.05) is 18.2 Å². The first-order valence-corrected chi connectivity index (χ1v) is 4.04. The highest BCUT2D eigenvalue weighted by atomic mass is 32.1. The van der Waals surface area contributed by atoms with E-state index < -0.39 is 0 Å². The van der Waals surface area contributed by atoms with E-state index in [9.17, 15) is 4.79 Å². The standard InChI is InChI=1S/C5H9NOS.C2H6/c1-4(7)5-2-6(8)3-5;1-2/h5,8H,2-3H2,1H3;1-2H3. The van der Waals surface area contributed by atoms with Gasteiger partial charge in [-0.1, -0.05) is 26.7 Å². The molecule has 0 spiro atoms. The zero-order valence-electron chi connectivity index (χ0n) is 6.79. The maximum absolute atomic E-state index is 10.5. The molecule has 0 bridgehead atoms. The first-order chi connectivity index (χ1) is 4.70. The molecule has 0 atom stereocenters. The Balaban J connectivity index is 0.000000371. The largest absolute Gasteiger partial charge is 0.300 e. The van der Waals surface area contributed by atoms with Crippen molar-refractivity contribution in [2.75, 3.05) is 13.1 Å². The summed E-state index contributed by atoms with van der Waals surface area (Å²) in [6.07, 6.45) is 0. The molecule has 0 aliphatic carbocycles. The van der Waals surface area contributed by atoms with Crippen LogP contribution in [0.3, 0.4) is 0 Å². The van der Waals surface area contributed by atoms with Crippen molar-refractivity contribution in [3.8, 4) is 0 Å². The molecule has 0 unspecified atom stereocenters. The molecule has 10 heavy (non-hydrogen) atoms. The third-order valence-corrected chi connectivity index (χ3v) is 1.76. The third-order valence-electron chi connectivity index (χ3n) is 1.44. The van der Waals surface area contributed by atoms with E-state index in [2.05, 4.69) is 12.8 Å². The molecule has 0 amide bonds. The molecular formula is C7H15NOS. The Labute approximate surface area is 68.1 Å². The lowest BCUT2D eigenvalue weighted by molar-refractivity contribution is -0.123. The van der Waals surface area contributed by atoms with E-state index in [0.717, 1.165) is 13.1 Å². The number of rotatable bonds is 1. The average molecular weight is 161 g/mol. The number of hydrogen-bond donors (Lipinski definition) is 1. The van der Waals surface area contributed by atoms with Crippen molar-refractivity contribution in [2.24, 2.45) is 5.92 Å². The second-order valence-electron chi connectivity index (χ2n) is 2.18. The van der Waals surface area contributed by atoms with Crippen molar-refractivity contribution in [2.45, 2.75) is 20.8 Å². The van der Waals surface area contributed by atoms with Crippen LogP contribution in [0.5, 0.6) is 0 Å². The van der Waals surface area contributed by atoms with Crippen LogP contribution in [0.25, 0.3) is 0 Å². The molecule has 0 aromatic carbocycles. The molecule has 1 rings (SSSR count). The Morgan fingerprint density at radius 2 is 1.90 bits per heavy atom. The summed E-state index contributed by atoms with van der Waals surface area (Å²) in [5.74, 6) is 0.558. The second kappa shape index (κ2) is 4.74. The summed E-state index contributed by atoms with van der Waals surface area (Å²) in [4.78, 5) is 10.5. The van der Waals surface area contributed by atoms with Crippen LogP contribution in [0, 0.1) is 5.92 Å². The van der Waals surface area contributed by atoms with Crippen LogP contribution >= 0.6 is 12.8 Å². The van der Waals surface area contributed by atoms with Gasteiger partial charge >= 0.3 is 0 Å². The van der Waals surface area contributed by atoms with Gasteiger partial charge in [-0.15, -0.1) is 0 Å². The van der Waals surface area contributed by atoms with E-state index in [4.69, 9.17) is 0 Å². The van der Waals surface area contributed by atoms with Crippen LogP contribution in [-0.4, -0.2) is 23.2 Å². The summed E-state index contributed by atoms with van der Waals surface area (Å²) in [7, 11) is 0. The van der Waals surface area contributed by atoms with Crippen LogP contribution in [0.15, 0.2) is 0 Å². The maximum atomic E-state index is 10.5. The SMILES string of the molecule is CC.CC(=O)C1CN(S)C1. The lowest BCUT2D eigenvalue weighted by atomic mass is 10.00. The van der Waals surface area contributed by atoms with Crippen molar-refractivity contribution in [3.05, 3.63) is 0 Å². The number of nitrogens with zero attached hydrogens (tertiary/aromatic N) is 1. The van der Waals surface area contributed by atoms with E-state index in [1.54, 1.807) is 6.92 Å². The number of thiol groups is 1. The van der Waals surface area contributed by atoms with Gasteiger partial charge in [-0.3, -0.25) is 9.10 Å². The zero-order chi connectivity index (χ0) is 8.15. The number of carbonyl (C=O) groups excluding carboxylic acids is 1. The summed E-state index contributed by atoms with van der Waals surface area (Å²) < 4.78 is 1.84. The third kappa shape index (κ3) is 2.71. The van der Waals surface area contributed by atoms with E-state index in [-0.39, 0.29) is 11.7 Å². The number of Topliss-reactive ketones (excluding diaryl/α,β-unsaturated/α-hetero) is 1.